The van der Waals surface area contributed by atoms with Crippen molar-refractivity contribution < 1.29 is 14.3 Å². The summed E-state index contributed by atoms with van der Waals surface area (Å²) in [6, 6.07) is 7.36. The second-order valence-corrected chi connectivity index (χ2v) is 8.09. The van der Waals surface area contributed by atoms with Crippen molar-refractivity contribution in [2.45, 2.75) is 52.6 Å². The van der Waals surface area contributed by atoms with Crippen molar-refractivity contribution in [3.8, 4) is 5.75 Å². The van der Waals surface area contributed by atoms with Crippen LogP contribution in [0.3, 0.4) is 0 Å². The fourth-order valence-electron chi connectivity index (χ4n) is 3.75. The van der Waals surface area contributed by atoms with Crippen LogP contribution in [0.1, 0.15) is 66.6 Å². The standard InChI is InChI=1S/C23H30N4O3/c1-15(2)12-21(28)27-11-5-6-20(27)22-19(14-24-16(3)26-22)23(29)25-13-17-7-9-18(30-4)10-8-17/h7-10,14-15,20H,5-6,11-13H2,1-4H3,(H,25,29)/t20-/m0/s1. The van der Waals surface area contributed by atoms with Crippen LogP contribution in [0.4, 0.5) is 0 Å². The number of nitrogens with zero attached hydrogens (tertiary/aromatic N) is 3. The monoisotopic (exact) mass is 410 g/mol. The summed E-state index contributed by atoms with van der Waals surface area (Å²) in [4.78, 5) is 36.4. The van der Waals surface area contributed by atoms with E-state index < -0.39 is 0 Å². The maximum atomic E-state index is 13.0. The van der Waals surface area contributed by atoms with Gasteiger partial charge in [-0.3, -0.25) is 9.59 Å². The zero-order chi connectivity index (χ0) is 21.7. The summed E-state index contributed by atoms with van der Waals surface area (Å²) < 4.78 is 5.17. The lowest BCUT2D eigenvalue weighted by Crippen LogP contribution is -2.34. The van der Waals surface area contributed by atoms with Crippen LogP contribution in [0.2, 0.25) is 0 Å². The van der Waals surface area contributed by atoms with Gasteiger partial charge in [-0.25, -0.2) is 9.97 Å². The lowest BCUT2D eigenvalue weighted by atomic mass is 10.0. The molecule has 2 heterocycles. The van der Waals surface area contributed by atoms with Gasteiger partial charge in [-0.2, -0.15) is 0 Å². The fraction of sp³-hybridized carbons (Fsp3) is 0.478. The number of likely N-dealkylation sites (tertiary alicyclic amines) is 1. The van der Waals surface area contributed by atoms with E-state index >= 15 is 0 Å². The summed E-state index contributed by atoms with van der Waals surface area (Å²) in [5.74, 6) is 1.54. The van der Waals surface area contributed by atoms with Gasteiger partial charge in [0.05, 0.1) is 24.4 Å². The van der Waals surface area contributed by atoms with Crippen molar-refractivity contribution in [2.24, 2.45) is 5.92 Å². The number of amides is 2. The van der Waals surface area contributed by atoms with Gasteiger partial charge in [-0.1, -0.05) is 26.0 Å². The molecule has 1 N–H and O–H groups in total. The first-order chi connectivity index (χ1) is 14.4. The van der Waals surface area contributed by atoms with Gasteiger partial charge in [0.1, 0.15) is 11.6 Å². The van der Waals surface area contributed by atoms with E-state index in [1.807, 2.05) is 43.0 Å². The first-order valence-electron chi connectivity index (χ1n) is 10.4. The number of hydrogen-bond acceptors (Lipinski definition) is 5. The molecule has 0 bridgehead atoms. The van der Waals surface area contributed by atoms with Crippen molar-refractivity contribution in [1.29, 1.82) is 0 Å². The molecule has 160 valence electrons. The number of rotatable bonds is 7. The second-order valence-electron chi connectivity index (χ2n) is 8.09. The molecule has 1 atom stereocenters. The van der Waals surface area contributed by atoms with E-state index in [0.717, 1.165) is 24.2 Å². The molecule has 7 nitrogen and oxygen atoms in total. The van der Waals surface area contributed by atoms with E-state index in [-0.39, 0.29) is 23.8 Å². The van der Waals surface area contributed by atoms with E-state index in [0.29, 0.717) is 36.6 Å². The topological polar surface area (TPSA) is 84.4 Å². The Morgan fingerprint density at radius 3 is 2.67 bits per heavy atom. The maximum absolute atomic E-state index is 13.0. The molecular formula is C23H30N4O3. The van der Waals surface area contributed by atoms with Crippen molar-refractivity contribution in [2.75, 3.05) is 13.7 Å². The van der Waals surface area contributed by atoms with Gasteiger partial charge in [0, 0.05) is 25.7 Å². The van der Waals surface area contributed by atoms with Crippen LogP contribution >= 0.6 is 0 Å². The molecule has 0 unspecified atom stereocenters. The van der Waals surface area contributed by atoms with E-state index in [1.54, 1.807) is 20.2 Å². The Hall–Kier alpha value is -2.96. The lowest BCUT2D eigenvalue weighted by Gasteiger charge is -2.26. The van der Waals surface area contributed by atoms with Crippen LogP contribution in [0.5, 0.6) is 5.75 Å². The molecule has 0 aliphatic carbocycles. The number of aromatic nitrogens is 2. The van der Waals surface area contributed by atoms with Crippen molar-refractivity contribution in [1.82, 2.24) is 20.2 Å². The van der Waals surface area contributed by atoms with Gasteiger partial charge in [0.2, 0.25) is 5.91 Å². The summed E-state index contributed by atoms with van der Waals surface area (Å²) in [6.07, 6.45) is 3.79. The fourth-order valence-corrected chi connectivity index (χ4v) is 3.75. The third-order valence-electron chi connectivity index (χ3n) is 5.27. The van der Waals surface area contributed by atoms with E-state index in [9.17, 15) is 9.59 Å². The van der Waals surface area contributed by atoms with E-state index in [2.05, 4.69) is 15.3 Å². The van der Waals surface area contributed by atoms with Gasteiger partial charge in [0.15, 0.2) is 0 Å². The first-order valence-corrected chi connectivity index (χ1v) is 10.4. The van der Waals surface area contributed by atoms with Crippen molar-refractivity contribution in [3.63, 3.8) is 0 Å². The first kappa shape index (κ1) is 21.7. The minimum Gasteiger partial charge on any atom is -0.497 e. The summed E-state index contributed by atoms with van der Waals surface area (Å²) in [5, 5.41) is 2.95. The Morgan fingerprint density at radius 1 is 1.27 bits per heavy atom. The largest absolute Gasteiger partial charge is 0.497 e. The summed E-state index contributed by atoms with van der Waals surface area (Å²) >= 11 is 0. The zero-order valence-electron chi connectivity index (χ0n) is 18.1. The molecule has 1 saturated heterocycles. The number of ether oxygens (including phenoxy) is 1. The van der Waals surface area contributed by atoms with Gasteiger partial charge in [-0.15, -0.1) is 0 Å². The van der Waals surface area contributed by atoms with Crippen LogP contribution in [0.15, 0.2) is 30.5 Å². The van der Waals surface area contributed by atoms with Crippen LogP contribution in [0.25, 0.3) is 0 Å². The smallest absolute Gasteiger partial charge is 0.255 e. The van der Waals surface area contributed by atoms with Crippen molar-refractivity contribution in [3.05, 3.63) is 53.1 Å². The number of carbonyl (C=O) groups excluding carboxylic acids is 2. The average molecular weight is 411 g/mol. The van der Waals surface area contributed by atoms with Gasteiger partial charge >= 0.3 is 0 Å². The summed E-state index contributed by atoms with van der Waals surface area (Å²) in [6.45, 7) is 6.96. The highest BCUT2D eigenvalue weighted by molar-refractivity contribution is 5.95. The highest BCUT2D eigenvalue weighted by Crippen LogP contribution is 2.33. The molecular weight excluding hydrogens is 380 g/mol. The molecule has 1 aromatic heterocycles. The minimum absolute atomic E-state index is 0.119. The average Bonchev–Trinajstić information content (AvgIpc) is 3.22. The lowest BCUT2D eigenvalue weighted by molar-refractivity contribution is -0.133. The molecule has 0 spiro atoms. The third-order valence-corrected chi connectivity index (χ3v) is 5.27. The minimum atomic E-state index is -0.232. The molecule has 1 aromatic carbocycles. The normalized spacial score (nSPS) is 16.0. The molecule has 1 aliphatic rings. The summed E-state index contributed by atoms with van der Waals surface area (Å²) in [7, 11) is 1.62. The number of aryl methyl sites for hydroxylation is 1. The van der Waals surface area contributed by atoms with Crippen LogP contribution in [0, 0.1) is 12.8 Å². The number of carbonyl (C=O) groups is 2. The predicted octanol–water partition coefficient (Wildman–Crippen LogP) is 3.43. The number of hydrogen-bond donors (Lipinski definition) is 1. The quantitative estimate of drug-likeness (QED) is 0.756. The molecule has 3 rings (SSSR count). The van der Waals surface area contributed by atoms with Crippen molar-refractivity contribution >= 4 is 11.8 Å². The third kappa shape index (κ3) is 5.14. The highest BCUT2D eigenvalue weighted by Gasteiger charge is 2.34. The summed E-state index contributed by atoms with van der Waals surface area (Å²) in [5.41, 5.74) is 2.04. The Morgan fingerprint density at radius 2 is 2.00 bits per heavy atom. The SMILES string of the molecule is COc1ccc(CNC(=O)c2cnc(C)nc2[C@@H]2CCCN2C(=O)CC(C)C)cc1. The van der Waals surface area contributed by atoms with Gasteiger partial charge in [0.25, 0.3) is 5.91 Å². The number of methoxy groups -OCH3 is 1. The van der Waals surface area contributed by atoms with Crippen LogP contribution < -0.4 is 10.1 Å². The Kier molecular flexibility index (Phi) is 7.03. The molecule has 30 heavy (non-hydrogen) atoms. The Labute approximate surface area is 177 Å². The van der Waals surface area contributed by atoms with E-state index in [4.69, 9.17) is 4.74 Å². The highest BCUT2D eigenvalue weighted by atomic mass is 16.5. The molecule has 2 amide bonds. The predicted molar refractivity (Wildman–Crippen MR) is 114 cm³/mol. The number of nitrogens with one attached hydrogen (secondary N) is 1. The van der Waals surface area contributed by atoms with Gasteiger partial charge in [-0.05, 0) is 43.4 Å². The molecule has 2 aromatic rings. The molecule has 0 saturated carbocycles. The molecule has 0 radical (unpaired) electrons. The Balaban J connectivity index is 1.78. The van der Waals surface area contributed by atoms with Crippen LogP contribution in [-0.2, 0) is 11.3 Å². The van der Waals surface area contributed by atoms with E-state index in [1.165, 1.54) is 0 Å². The second kappa shape index (κ2) is 9.69. The molecule has 1 fully saturated rings. The number of benzene rings is 1. The van der Waals surface area contributed by atoms with Gasteiger partial charge < -0.3 is 15.0 Å². The Bertz CT molecular complexity index is 896. The molecule has 7 heteroatoms. The zero-order valence-corrected chi connectivity index (χ0v) is 18.1. The van der Waals surface area contributed by atoms with Crippen LogP contribution in [-0.4, -0.2) is 40.3 Å². The molecule has 1 aliphatic heterocycles. The maximum Gasteiger partial charge on any atom is 0.255 e.